The average Bonchev–Trinajstić information content (AvgIpc) is 3.02. The molecule has 1 aromatic heterocycles. The molecule has 7 nitrogen and oxygen atoms in total. The molecule has 0 bridgehead atoms. The van der Waals surface area contributed by atoms with E-state index in [1.807, 2.05) is 12.1 Å². The number of rotatable bonds is 6. The number of methoxy groups -OCH3 is 1. The van der Waals surface area contributed by atoms with Gasteiger partial charge >= 0.3 is 0 Å². The summed E-state index contributed by atoms with van der Waals surface area (Å²) in [6, 6.07) is 10.1. The van der Waals surface area contributed by atoms with E-state index >= 15 is 0 Å². The van der Waals surface area contributed by atoms with E-state index in [-0.39, 0.29) is 11.4 Å². The fourth-order valence-electron chi connectivity index (χ4n) is 2.30. The van der Waals surface area contributed by atoms with Crippen molar-refractivity contribution in [2.75, 3.05) is 24.0 Å². The molecule has 0 aliphatic heterocycles. The van der Waals surface area contributed by atoms with Crippen molar-refractivity contribution in [3.8, 4) is 17.1 Å². The Kier molecular flexibility index (Phi) is 5.55. The summed E-state index contributed by atoms with van der Waals surface area (Å²) in [7, 11) is 1.53. The van der Waals surface area contributed by atoms with Crippen LogP contribution in [0.25, 0.3) is 11.4 Å². The summed E-state index contributed by atoms with van der Waals surface area (Å²) in [4.78, 5) is 12.0. The van der Waals surface area contributed by atoms with Crippen molar-refractivity contribution in [3.05, 3.63) is 54.1 Å². The van der Waals surface area contributed by atoms with Crippen LogP contribution in [0.15, 0.2) is 47.6 Å². The maximum absolute atomic E-state index is 13.6. The molecule has 0 fully saturated rings. The zero-order valence-corrected chi connectivity index (χ0v) is 15.0. The highest BCUT2D eigenvalue weighted by molar-refractivity contribution is 7.99. The molecule has 27 heavy (non-hydrogen) atoms. The summed E-state index contributed by atoms with van der Waals surface area (Å²) >= 11 is 1.03. The second-order valence-electron chi connectivity index (χ2n) is 5.34. The number of aromatic nitrogens is 3. The maximum atomic E-state index is 13.6. The standard InChI is InChI=1S/C17H15F2N5O2S/c1-26-14-5-3-2-4-11(14)16-22-23-17(24(16)20)27-9-15(25)21-13-7-6-10(18)8-12(13)19/h2-8H,9,20H2,1H3,(H,21,25). The number of hydrogen-bond donors (Lipinski definition) is 2. The van der Waals surface area contributed by atoms with E-state index in [0.29, 0.717) is 28.4 Å². The van der Waals surface area contributed by atoms with Crippen molar-refractivity contribution in [2.24, 2.45) is 0 Å². The molecular formula is C17H15F2N5O2S. The van der Waals surface area contributed by atoms with E-state index < -0.39 is 17.5 Å². The first-order valence-electron chi connectivity index (χ1n) is 7.71. The van der Waals surface area contributed by atoms with Crippen LogP contribution in [0.1, 0.15) is 0 Å². The van der Waals surface area contributed by atoms with Crippen molar-refractivity contribution < 1.29 is 18.3 Å². The van der Waals surface area contributed by atoms with Gasteiger partial charge in [0.25, 0.3) is 0 Å². The van der Waals surface area contributed by atoms with Crippen molar-refractivity contribution in [2.45, 2.75) is 5.16 Å². The van der Waals surface area contributed by atoms with Crippen molar-refractivity contribution in [1.29, 1.82) is 0 Å². The largest absolute Gasteiger partial charge is 0.496 e. The molecule has 2 aromatic carbocycles. The van der Waals surface area contributed by atoms with E-state index in [2.05, 4.69) is 15.5 Å². The number of ether oxygens (including phenoxy) is 1. The van der Waals surface area contributed by atoms with Crippen molar-refractivity contribution >= 4 is 23.4 Å². The Bertz CT molecular complexity index is 980. The van der Waals surface area contributed by atoms with Gasteiger partial charge < -0.3 is 15.9 Å². The first kappa shape index (κ1) is 18.6. The number of benzene rings is 2. The van der Waals surface area contributed by atoms with E-state index in [4.69, 9.17) is 10.6 Å². The lowest BCUT2D eigenvalue weighted by Gasteiger charge is -2.08. The highest BCUT2D eigenvalue weighted by Gasteiger charge is 2.17. The van der Waals surface area contributed by atoms with Crippen LogP contribution >= 0.6 is 11.8 Å². The van der Waals surface area contributed by atoms with Gasteiger partial charge in [0, 0.05) is 6.07 Å². The molecule has 0 radical (unpaired) electrons. The minimum absolute atomic E-state index is 0.0852. The van der Waals surface area contributed by atoms with Crippen molar-refractivity contribution in [3.63, 3.8) is 0 Å². The van der Waals surface area contributed by atoms with E-state index in [0.717, 1.165) is 23.9 Å². The summed E-state index contributed by atoms with van der Waals surface area (Å²) in [5.41, 5.74) is 0.547. The fraction of sp³-hybridized carbons (Fsp3) is 0.118. The normalized spacial score (nSPS) is 10.6. The lowest BCUT2D eigenvalue weighted by Crippen LogP contribution is -2.17. The van der Waals surface area contributed by atoms with Gasteiger partial charge in [0.2, 0.25) is 11.1 Å². The molecule has 3 N–H and O–H groups in total. The highest BCUT2D eigenvalue weighted by Crippen LogP contribution is 2.29. The molecule has 0 aliphatic carbocycles. The molecular weight excluding hydrogens is 376 g/mol. The Balaban J connectivity index is 1.68. The quantitative estimate of drug-likeness (QED) is 0.496. The van der Waals surface area contributed by atoms with Gasteiger partial charge in [-0.1, -0.05) is 23.9 Å². The van der Waals surface area contributed by atoms with Gasteiger partial charge in [-0.15, -0.1) is 10.2 Å². The number of halogens is 2. The van der Waals surface area contributed by atoms with Crippen LogP contribution in [0.5, 0.6) is 5.75 Å². The molecule has 0 saturated carbocycles. The first-order chi connectivity index (χ1) is 13.0. The molecule has 0 saturated heterocycles. The Morgan fingerprint density at radius 2 is 2.04 bits per heavy atom. The average molecular weight is 391 g/mol. The molecule has 1 amide bonds. The van der Waals surface area contributed by atoms with Crippen LogP contribution in [0.4, 0.5) is 14.5 Å². The van der Waals surface area contributed by atoms with Crippen LogP contribution in [-0.4, -0.2) is 33.6 Å². The Labute approximate surface area is 157 Å². The van der Waals surface area contributed by atoms with Gasteiger partial charge in [0.1, 0.15) is 17.4 Å². The molecule has 3 rings (SSSR count). The molecule has 0 aliphatic rings. The van der Waals surface area contributed by atoms with Gasteiger partial charge in [0.05, 0.1) is 24.1 Å². The van der Waals surface area contributed by atoms with Crippen LogP contribution in [0.3, 0.4) is 0 Å². The predicted octanol–water partition coefficient (Wildman–Crippen LogP) is 2.68. The third-order valence-corrected chi connectivity index (χ3v) is 4.49. The summed E-state index contributed by atoms with van der Waals surface area (Å²) in [6.07, 6.45) is 0. The summed E-state index contributed by atoms with van der Waals surface area (Å²) in [5.74, 6) is 4.82. The summed E-state index contributed by atoms with van der Waals surface area (Å²) < 4.78 is 33.0. The lowest BCUT2D eigenvalue weighted by molar-refractivity contribution is -0.113. The second kappa shape index (κ2) is 8.04. The zero-order valence-electron chi connectivity index (χ0n) is 14.1. The first-order valence-corrected chi connectivity index (χ1v) is 8.69. The molecule has 1 heterocycles. The second-order valence-corrected chi connectivity index (χ2v) is 6.28. The Morgan fingerprint density at radius 1 is 1.26 bits per heavy atom. The molecule has 0 atom stereocenters. The highest BCUT2D eigenvalue weighted by atomic mass is 32.2. The van der Waals surface area contributed by atoms with Gasteiger partial charge in [-0.2, -0.15) is 0 Å². The third-order valence-electron chi connectivity index (χ3n) is 3.55. The third kappa shape index (κ3) is 4.17. The lowest BCUT2D eigenvalue weighted by atomic mass is 10.2. The smallest absolute Gasteiger partial charge is 0.234 e. The van der Waals surface area contributed by atoms with Crippen LogP contribution < -0.4 is 15.9 Å². The SMILES string of the molecule is COc1ccccc1-c1nnc(SCC(=O)Nc2ccc(F)cc2F)n1N. The predicted molar refractivity (Wildman–Crippen MR) is 97.9 cm³/mol. The number of nitrogens with two attached hydrogens (primary N) is 1. The maximum Gasteiger partial charge on any atom is 0.234 e. The minimum Gasteiger partial charge on any atom is -0.496 e. The van der Waals surface area contributed by atoms with E-state index in [9.17, 15) is 13.6 Å². The fourth-order valence-corrected chi connectivity index (χ4v) is 2.95. The van der Waals surface area contributed by atoms with E-state index in [1.54, 1.807) is 12.1 Å². The Morgan fingerprint density at radius 3 is 2.78 bits per heavy atom. The van der Waals surface area contributed by atoms with Gasteiger partial charge in [-0.3, -0.25) is 4.79 Å². The molecule has 3 aromatic rings. The summed E-state index contributed by atoms with van der Waals surface area (Å²) in [6.45, 7) is 0. The zero-order chi connectivity index (χ0) is 19.4. The molecule has 140 valence electrons. The number of nitrogens with one attached hydrogen (secondary N) is 1. The number of hydrogen-bond acceptors (Lipinski definition) is 6. The van der Waals surface area contributed by atoms with Gasteiger partial charge in [-0.25, -0.2) is 13.5 Å². The number of carbonyl (C=O) groups excluding carboxylic acids is 1. The minimum atomic E-state index is -0.853. The van der Waals surface area contributed by atoms with Crippen LogP contribution in [0, 0.1) is 11.6 Å². The van der Waals surface area contributed by atoms with Crippen molar-refractivity contribution in [1.82, 2.24) is 14.9 Å². The molecule has 10 heteroatoms. The number of anilines is 1. The number of thioether (sulfide) groups is 1. The summed E-state index contributed by atoms with van der Waals surface area (Å²) in [5, 5.41) is 10.7. The van der Waals surface area contributed by atoms with Gasteiger partial charge in [-0.05, 0) is 24.3 Å². The topological polar surface area (TPSA) is 95.1 Å². The van der Waals surface area contributed by atoms with Crippen LogP contribution in [0.2, 0.25) is 0 Å². The molecule has 0 unspecified atom stereocenters. The number of carbonyl (C=O) groups is 1. The number of nitrogen functional groups attached to an aromatic ring is 1. The number of amides is 1. The van der Waals surface area contributed by atoms with Crippen LogP contribution in [-0.2, 0) is 4.79 Å². The number of para-hydroxylation sites is 1. The van der Waals surface area contributed by atoms with Gasteiger partial charge in [0.15, 0.2) is 5.82 Å². The Hall–Kier alpha value is -3.14. The number of nitrogens with zero attached hydrogens (tertiary/aromatic N) is 3. The monoisotopic (exact) mass is 391 g/mol. The molecule has 0 spiro atoms. The van der Waals surface area contributed by atoms with E-state index in [1.165, 1.54) is 11.8 Å².